The number of thiazole rings is 1. The van der Waals surface area contributed by atoms with Gasteiger partial charge < -0.3 is 19.7 Å². The van der Waals surface area contributed by atoms with Crippen molar-refractivity contribution in [1.82, 2.24) is 14.9 Å². The first-order valence-electron chi connectivity index (χ1n) is 11.1. The van der Waals surface area contributed by atoms with Crippen molar-refractivity contribution >= 4 is 23.3 Å². The van der Waals surface area contributed by atoms with Crippen LogP contribution in [0.5, 0.6) is 0 Å². The summed E-state index contributed by atoms with van der Waals surface area (Å²) in [5, 5.41) is 17.3. The Morgan fingerprint density at radius 3 is 2.18 bits per heavy atom. The summed E-state index contributed by atoms with van der Waals surface area (Å²) in [6.45, 7) is 4.20. The van der Waals surface area contributed by atoms with Crippen LogP contribution in [0.4, 0.5) is 26.3 Å². The lowest BCUT2D eigenvalue weighted by Gasteiger charge is -2.39. The second-order valence-corrected chi connectivity index (χ2v) is 9.09. The Hall–Kier alpha value is -2.82. The zero-order valence-electron chi connectivity index (χ0n) is 19.7. The van der Waals surface area contributed by atoms with E-state index in [4.69, 9.17) is 29.3 Å². The van der Waals surface area contributed by atoms with Crippen LogP contribution in [-0.4, -0.2) is 81.3 Å². The molecule has 4 rings (SSSR count). The molecule has 38 heavy (non-hydrogen) atoms. The maximum absolute atomic E-state index is 10.6. The molecule has 2 fully saturated rings. The SMILES string of the molecule is O=C(O)C(F)(F)F.O=C(O)C(F)(F)F.c1cc(CN2CCOC3C(COCc4nccs4)CCC32)ccn1. The Morgan fingerprint density at radius 2 is 1.66 bits per heavy atom. The Balaban J connectivity index is 0.000000301. The topological polar surface area (TPSA) is 122 Å². The van der Waals surface area contributed by atoms with Crippen molar-refractivity contribution in [2.24, 2.45) is 5.92 Å². The molecule has 16 heteroatoms. The molecular formula is C22H25F6N3O6S. The van der Waals surface area contributed by atoms with Gasteiger partial charge in [-0.3, -0.25) is 9.88 Å². The first-order chi connectivity index (χ1) is 17.8. The predicted molar refractivity (Wildman–Crippen MR) is 120 cm³/mol. The summed E-state index contributed by atoms with van der Waals surface area (Å²) in [7, 11) is 0. The minimum Gasteiger partial charge on any atom is -0.475 e. The molecule has 3 heterocycles. The number of pyridine rings is 1. The third kappa shape index (κ3) is 10.5. The van der Waals surface area contributed by atoms with Gasteiger partial charge in [-0.15, -0.1) is 11.3 Å². The number of ether oxygens (including phenoxy) is 2. The van der Waals surface area contributed by atoms with Gasteiger partial charge in [0.2, 0.25) is 0 Å². The summed E-state index contributed by atoms with van der Waals surface area (Å²) in [4.78, 5) is 28.7. The number of carboxylic acid groups (broad SMARTS) is 2. The molecule has 2 aliphatic rings. The lowest BCUT2D eigenvalue weighted by Crippen LogP contribution is -2.50. The van der Waals surface area contributed by atoms with Gasteiger partial charge in [0.15, 0.2) is 0 Å². The molecule has 0 aromatic carbocycles. The molecule has 1 saturated heterocycles. The van der Waals surface area contributed by atoms with Crippen LogP contribution in [0.3, 0.4) is 0 Å². The number of rotatable bonds is 6. The number of morpholine rings is 1. The van der Waals surface area contributed by atoms with Gasteiger partial charge in [0.1, 0.15) is 5.01 Å². The van der Waals surface area contributed by atoms with Crippen LogP contribution in [0, 0.1) is 5.92 Å². The fourth-order valence-corrected chi connectivity index (χ4v) is 4.41. The molecule has 0 spiro atoms. The second-order valence-electron chi connectivity index (χ2n) is 8.11. The van der Waals surface area contributed by atoms with E-state index in [2.05, 4.69) is 27.0 Å². The summed E-state index contributed by atoms with van der Waals surface area (Å²) < 4.78 is 75.5. The fourth-order valence-electron chi connectivity index (χ4n) is 3.86. The molecule has 1 aliphatic carbocycles. The van der Waals surface area contributed by atoms with Crippen LogP contribution >= 0.6 is 11.3 Å². The van der Waals surface area contributed by atoms with E-state index in [1.165, 1.54) is 18.4 Å². The Bertz CT molecular complexity index is 970. The fraction of sp³-hybridized carbons (Fsp3) is 0.545. The van der Waals surface area contributed by atoms with E-state index >= 15 is 0 Å². The minimum atomic E-state index is -5.08. The van der Waals surface area contributed by atoms with Gasteiger partial charge in [-0.25, -0.2) is 14.6 Å². The van der Waals surface area contributed by atoms with Gasteiger partial charge in [0.25, 0.3) is 0 Å². The van der Waals surface area contributed by atoms with Gasteiger partial charge >= 0.3 is 24.3 Å². The Morgan fingerprint density at radius 1 is 1.05 bits per heavy atom. The highest BCUT2D eigenvalue weighted by Crippen LogP contribution is 2.35. The lowest BCUT2D eigenvalue weighted by molar-refractivity contribution is -0.193. The number of carbonyl (C=O) groups is 2. The third-order valence-corrected chi connectivity index (χ3v) is 6.25. The molecule has 1 aliphatic heterocycles. The summed E-state index contributed by atoms with van der Waals surface area (Å²) in [6, 6.07) is 4.72. The van der Waals surface area contributed by atoms with Crippen molar-refractivity contribution in [3.8, 4) is 0 Å². The van der Waals surface area contributed by atoms with Crippen LogP contribution in [0.25, 0.3) is 0 Å². The standard InChI is InChI=1S/C18H23N3O2S.2C2HF3O2/c1-2-16-18(15(1)12-22-13-17-20-7-10-24-17)23-9-8-21(16)11-14-3-5-19-6-4-14;2*3-2(4,5)1(6)7/h3-7,10,15-16,18H,1-2,8-9,11-13H2;2*(H,6,7). The summed E-state index contributed by atoms with van der Waals surface area (Å²) >= 11 is 1.65. The second kappa shape index (κ2) is 14.4. The quantitative estimate of drug-likeness (QED) is 0.494. The van der Waals surface area contributed by atoms with Crippen molar-refractivity contribution in [2.75, 3.05) is 19.8 Å². The monoisotopic (exact) mass is 573 g/mol. The lowest BCUT2D eigenvalue weighted by atomic mass is 10.0. The van der Waals surface area contributed by atoms with E-state index in [0.717, 1.165) is 31.3 Å². The first kappa shape index (κ1) is 31.4. The molecule has 9 nitrogen and oxygen atoms in total. The molecule has 2 aromatic heterocycles. The number of hydrogen-bond acceptors (Lipinski definition) is 8. The van der Waals surface area contributed by atoms with E-state index in [1.807, 2.05) is 24.0 Å². The summed E-state index contributed by atoms with van der Waals surface area (Å²) in [5.74, 6) is -5.02. The predicted octanol–water partition coefficient (Wildman–Crippen LogP) is 4.00. The molecule has 3 unspecified atom stereocenters. The maximum atomic E-state index is 10.6. The molecule has 2 N–H and O–H groups in total. The third-order valence-electron chi connectivity index (χ3n) is 5.50. The molecule has 1 saturated carbocycles. The number of fused-ring (bicyclic) bond motifs is 1. The van der Waals surface area contributed by atoms with Gasteiger partial charge in [-0.05, 0) is 30.5 Å². The van der Waals surface area contributed by atoms with Crippen LogP contribution in [0.1, 0.15) is 23.4 Å². The van der Waals surface area contributed by atoms with Gasteiger partial charge in [0, 0.05) is 49.0 Å². The van der Waals surface area contributed by atoms with E-state index in [-0.39, 0.29) is 0 Å². The smallest absolute Gasteiger partial charge is 0.475 e. The summed E-state index contributed by atoms with van der Waals surface area (Å²) in [6.07, 6.45) is -1.91. The van der Waals surface area contributed by atoms with Crippen LogP contribution < -0.4 is 0 Å². The number of aliphatic carboxylic acids is 2. The van der Waals surface area contributed by atoms with Crippen molar-refractivity contribution < 1.29 is 55.6 Å². The molecule has 3 atom stereocenters. The van der Waals surface area contributed by atoms with Crippen molar-refractivity contribution in [1.29, 1.82) is 0 Å². The van der Waals surface area contributed by atoms with Crippen molar-refractivity contribution in [3.05, 3.63) is 46.7 Å². The average molecular weight is 574 g/mol. The van der Waals surface area contributed by atoms with Gasteiger partial charge in [-0.1, -0.05) is 0 Å². The highest BCUT2D eigenvalue weighted by molar-refractivity contribution is 7.09. The highest BCUT2D eigenvalue weighted by Gasteiger charge is 2.42. The van der Waals surface area contributed by atoms with Crippen molar-refractivity contribution in [2.45, 2.75) is 50.5 Å². The number of alkyl halides is 6. The zero-order chi connectivity index (χ0) is 28.3. The largest absolute Gasteiger partial charge is 0.490 e. The first-order valence-corrected chi connectivity index (χ1v) is 12.0. The highest BCUT2D eigenvalue weighted by atomic mass is 32.1. The zero-order valence-corrected chi connectivity index (χ0v) is 20.5. The van der Waals surface area contributed by atoms with Crippen molar-refractivity contribution in [3.63, 3.8) is 0 Å². The minimum absolute atomic E-state index is 0.303. The van der Waals surface area contributed by atoms with Crippen LogP contribution in [0.2, 0.25) is 0 Å². The number of nitrogens with zero attached hydrogens (tertiary/aromatic N) is 3. The Labute approximate surface area is 217 Å². The Kier molecular flexibility index (Phi) is 11.9. The van der Waals surface area contributed by atoms with Crippen LogP contribution in [-0.2, 0) is 32.2 Å². The van der Waals surface area contributed by atoms with E-state index in [9.17, 15) is 26.3 Å². The molecule has 212 valence electrons. The number of carboxylic acids is 2. The number of aromatic nitrogens is 2. The number of halogens is 6. The van der Waals surface area contributed by atoms with E-state index < -0.39 is 24.3 Å². The van der Waals surface area contributed by atoms with Gasteiger partial charge in [0.05, 0.1) is 25.9 Å². The average Bonchev–Trinajstić information content (AvgIpc) is 3.50. The van der Waals surface area contributed by atoms with Crippen LogP contribution in [0.15, 0.2) is 36.1 Å². The molecule has 0 amide bonds. The normalized spacial score (nSPS) is 21.4. The number of hydrogen-bond donors (Lipinski definition) is 2. The van der Waals surface area contributed by atoms with E-state index in [1.54, 1.807) is 11.3 Å². The van der Waals surface area contributed by atoms with Gasteiger partial charge in [-0.2, -0.15) is 26.3 Å². The molecule has 2 aromatic rings. The van der Waals surface area contributed by atoms with E-state index in [0.29, 0.717) is 24.7 Å². The maximum Gasteiger partial charge on any atom is 0.490 e. The molecular weight excluding hydrogens is 548 g/mol. The summed E-state index contributed by atoms with van der Waals surface area (Å²) in [5.41, 5.74) is 1.33. The molecule has 0 radical (unpaired) electrons. The molecule has 0 bridgehead atoms.